The molecule has 0 atom stereocenters. The summed E-state index contributed by atoms with van der Waals surface area (Å²) in [6, 6.07) is 0. The van der Waals surface area contributed by atoms with E-state index >= 15 is 0 Å². The van der Waals surface area contributed by atoms with E-state index in [1.165, 1.54) is 28.4 Å². The van der Waals surface area contributed by atoms with Gasteiger partial charge in [-0.05, 0) is 58.0 Å². The van der Waals surface area contributed by atoms with Crippen molar-refractivity contribution >= 4 is 17.3 Å². The molecule has 4 nitrogen and oxygen atoms in total. The van der Waals surface area contributed by atoms with Gasteiger partial charge in [-0.25, -0.2) is 4.98 Å². The van der Waals surface area contributed by atoms with Crippen molar-refractivity contribution in [3.8, 4) is 0 Å². The Bertz CT molecular complexity index is 538. The zero-order chi connectivity index (χ0) is 15.6. The maximum atomic E-state index is 11.7. The number of thiazole rings is 1. The van der Waals surface area contributed by atoms with Crippen LogP contribution in [0.5, 0.6) is 0 Å². The Kier molecular flexibility index (Phi) is 4.64. The van der Waals surface area contributed by atoms with Gasteiger partial charge in [0.15, 0.2) is 0 Å². The Morgan fingerprint density at radius 3 is 2.82 bits per heavy atom. The molecule has 22 heavy (non-hydrogen) atoms. The molecule has 1 N–H and O–H groups in total. The second kappa shape index (κ2) is 6.50. The van der Waals surface area contributed by atoms with E-state index in [1.807, 2.05) is 17.4 Å². The summed E-state index contributed by atoms with van der Waals surface area (Å²) in [6.07, 6.45) is 8.38. The lowest BCUT2D eigenvalue weighted by atomic mass is 9.75. The Labute approximate surface area is 135 Å². The predicted octanol–water partition coefficient (Wildman–Crippen LogP) is 3.26. The van der Waals surface area contributed by atoms with Crippen LogP contribution in [0.15, 0.2) is 12.7 Å². The number of nitrogens with zero attached hydrogens (tertiary/aromatic N) is 2. The van der Waals surface area contributed by atoms with Crippen molar-refractivity contribution in [2.24, 2.45) is 5.41 Å². The molecule has 0 amide bonds. The molecule has 1 aliphatic carbocycles. The number of piperidine rings is 1. The van der Waals surface area contributed by atoms with Crippen LogP contribution in [0, 0.1) is 5.41 Å². The predicted molar refractivity (Wildman–Crippen MR) is 88.1 cm³/mol. The third kappa shape index (κ3) is 3.10. The van der Waals surface area contributed by atoms with Crippen molar-refractivity contribution < 1.29 is 9.90 Å². The Morgan fingerprint density at radius 2 is 2.18 bits per heavy atom. The molecule has 0 saturated carbocycles. The van der Waals surface area contributed by atoms with Crippen LogP contribution in [-0.2, 0) is 24.2 Å². The summed E-state index contributed by atoms with van der Waals surface area (Å²) in [6.45, 7) is 6.31. The highest BCUT2D eigenvalue weighted by Crippen LogP contribution is 2.37. The summed E-state index contributed by atoms with van der Waals surface area (Å²) < 4.78 is 0. The molecule has 0 radical (unpaired) electrons. The van der Waals surface area contributed by atoms with Crippen LogP contribution in [-0.4, -0.2) is 34.0 Å². The van der Waals surface area contributed by atoms with Gasteiger partial charge in [0.2, 0.25) is 0 Å². The van der Waals surface area contributed by atoms with Gasteiger partial charge in [0.1, 0.15) is 5.01 Å². The molecule has 5 heteroatoms. The van der Waals surface area contributed by atoms with E-state index in [-0.39, 0.29) is 0 Å². The highest BCUT2D eigenvalue weighted by atomic mass is 32.1. The van der Waals surface area contributed by atoms with E-state index in [4.69, 9.17) is 4.98 Å². The molecule has 120 valence electrons. The summed E-state index contributed by atoms with van der Waals surface area (Å²) in [5.41, 5.74) is 0.762. The van der Waals surface area contributed by atoms with E-state index in [1.54, 1.807) is 0 Å². The lowest BCUT2D eigenvalue weighted by molar-refractivity contribution is -0.152. The molecule has 1 aromatic rings. The molecular weight excluding hydrogens is 296 g/mol. The fourth-order valence-electron chi connectivity index (χ4n) is 3.59. The van der Waals surface area contributed by atoms with E-state index in [0.29, 0.717) is 6.42 Å². The first-order valence-corrected chi connectivity index (χ1v) is 8.99. The molecule has 0 unspecified atom stereocenters. The van der Waals surface area contributed by atoms with Gasteiger partial charge in [0.25, 0.3) is 0 Å². The normalized spacial score (nSPS) is 20.7. The summed E-state index contributed by atoms with van der Waals surface area (Å²) in [4.78, 5) is 20.3. The number of aliphatic carboxylic acids is 1. The summed E-state index contributed by atoms with van der Waals surface area (Å²) in [5.74, 6) is -0.637. The van der Waals surface area contributed by atoms with Crippen LogP contribution in [0.25, 0.3) is 0 Å². The number of allylic oxidation sites excluding steroid dienone is 1. The van der Waals surface area contributed by atoms with Gasteiger partial charge in [0, 0.05) is 4.88 Å². The number of likely N-dealkylation sites (tertiary alicyclic amines) is 1. The topological polar surface area (TPSA) is 53.4 Å². The van der Waals surface area contributed by atoms with Crippen molar-refractivity contribution in [2.75, 3.05) is 13.1 Å². The Balaban J connectivity index is 1.58. The number of aromatic nitrogens is 1. The number of carbonyl (C=O) groups is 1. The van der Waals surface area contributed by atoms with Crippen LogP contribution in [0.2, 0.25) is 0 Å². The van der Waals surface area contributed by atoms with Gasteiger partial charge in [-0.3, -0.25) is 9.69 Å². The van der Waals surface area contributed by atoms with E-state index in [2.05, 4.69) is 11.5 Å². The molecule has 0 bridgehead atoms. The number of carboxylic acids is 1. The molecule has 3 rings (SSSR count). The van der Waals surface area contributed by atoms with Gasteiger partial charge in [-0.1, -0.05) is 6.08 Å². The lowest BCUT2D eigenvalue weighted by Crippen LogP contribution is -2.44. The largest absolute Gasteiger partial charge is 0.481 e. The minimum Gasteiger partial charge on any atom is -0.481 e. The number of fused-ring (bicyclic) bond motifs is 1. The zero-order valence-corrected chi connectivity index (χ0v) is 13.8. The average Bonchev–Trinajstić information content (AvgIpc) is 3.07. The first kappa shape index (κ1) is 15.7. The minimum atomic E-state index is -0.637. The van der Waals surface area contributed by atoms with Crippen molar-refractivity contribution in [1.82, 2.24) is 9.88 Å². The van der Waals surface area contributed by atoms with E-state index < -0.39 is 11.4 Å². The van der Waals surface area contributed by atoms with Crippen molar-refractivity contribution in [3.05, 3.63) is 28.2 Å². The Hall–Kier alpha value is -1.20. The molecule has 2 heterocycles. The Morgan fingerprint density at radius 1 is 1.41 bits per heavy atom. The van der Waals surface area contributed by atoms with Crippen LogP contribution < -0.4 is 0 Å². The fourth-order valence-corrected chi connectivity index (χ4v) is 4.79. The smallest absolute Gasteiger partial charge is 0.309 e. The lowest BCUT2D eigenvalue weighted by Gasteiger charge is -2.38. The number of rotatable bonds is 6. The van der Waals surface area contributed by atoms with Crippen LogP contribution >= 0.6 is 11.3 Å². The fraction of sp³-hybridized carbons (Fsp3) is 0.647. The summed E-state index contributed by atoms with van der Waals surface area (Å²) in [5, 5.41) is 10.8. The first-order chi connectivity index (χ1) is 10.6. The SMILES string of the molecule is C=CCCC1(C(=O)O)CCN(Cc2nc3c(s2)CCC3)CC1. The van der Waals surface area contributed by atoms with E-state index in [9.17, 15) is 9.90 Å². The number of aryl methyl sites for hydroxylation is 2. The quantitative estimate of drug-likeness (QED) is 0.817. The zero-order valence-electron chi connectivity index (χ0n) is 13.0. The van der Waals surface area contributed by atoms with Gasteiger partial charge in [0.05, 0.1) is 17.7 Å². The van der Waals surface area contributed by atoms with Crippen LogP contribution in [0.3, 0.4) is 0 Å². The molecule has 1 saturated heterocycles. The van der Waals surface area contributed by atoms with Crippen LogP contribution in [0.4, 0.5) is 0 Å². The third-order valence-corrected chi connectivity index (χ3v) is 6.23. The molecule has 2 aliphatic rings. The highest BCUT2D eigenvalue weighted by molar-refractivity contribution is 7.11. The minimum absolute atomic E-state index is 0.546. The van der Waals surface area contributed by atoms with Gasteiger partial charge in [-0.15, -0.1) is 17.9 Å². The van der Waals surface area contributed by atoms with Crippen LogP contribution in [0.1, 0.15) is 47.7 Å². The van der Waals surface area contributed by atoms with E-state index in [0.717, 1.165) is 45.3 Å². The van der Waals surface area contributed by atoms with Crippen molar-refractivity contribution in [1.29, 1.82) is 0 Å². The van der Waals surface area contributed by atoms with Gasteiger partial charge >= 0.3 is 5.97 Å². The number of carboxylic acid groups (broad SMARTS) is 1. The second-order valence-electron chi connectivity index (χ2n) is 6.52. The maximum Gasteiger partial charge on any atom is 0.309 e. The average molecular weight is 320 g/mol. The molecule has 1 aliphatic heterocycles. The first-order valence-electron chi connectivity index (χ1n) is 8.17. The van der Waals surface area contributed by atoms with Crippen molar-refractivity contribution in [2.45, 2.75) is 51.5 Å². The van der Waals surface area contributed by atoms with Crippen molar-refractivity contribution in [3.63, 3.8) is 0 Å². The summed E-state index contributed by atoms with van der Waals surface area (Å²) in [7, 11) is 0. The van der Waals surface area contributed by atoms with Gasteiger partial charge < -0.3 is 5.11 Å². The molecule has 0 aromatic carbocycles. The van der Waals surface area contributed by atoms with Gasteiger partial charge in [-0.2, -0.15) is 0 Å². The molecule has 1 fully saturated rings. The highest BCUT2D eigenvalue weighted by Gasteiger charge is 2.40. The molecular formula is C17H24N2O2S. The standard InChI is InChI=1S/C17H24N2O2S/c1-2-3-7-17(16(20)21)8-10-19(11-9-17)12-15-18-13-5-4-6-14(13)22-15/h2H,1,3-12H2,(H,20,21). The second-order valence-corrected chi connectivity index (χ2v) is 7.69. The number of hydrogen-bond acceptors (Lipinski definition) is 4. The summed E-state index contributed by atoms with van der Waals surface area (Å²) >= 11 is 1.85. The maximum absolute atomic E-state index is 11.7. The number of hydrogen-bond donors (Lipinski definition) is 1. The monoisotopic (exact) mass is 320 g/mol. The molecule has 1 aromatic heterocycles. The third-order valence-electron chi connectivity index (χ3n) is 5.09. The molecule has 0 spiro atoms.